The highest BCUT2D eigenvalue weighted by Crippen LogP contribution is 2.23. The average molecular weight is 423 g/mol. The van der Waals surface area contributed by atoms with Crippen molar-refractivity contribution in [2.75, 3.05) is 44.2 Å². The van der Waals surface area contributed by atoms with Gasteiger partial charge in [0.25, 0.3) is 5.91 Å². The number of sulfonamides is 1. The Bertz CT molecular complexity index is 944. The molecule has 7 nitrogen and oxygen atoms in total. The van der Waals surface area contributed by atoms with Crippen molar-refractivity contribution in [2.45, 2.75) is 17.7 Å². The van der Waals surface area contributed by atoms with Gasteiger partial charge < -0.3 is 14.8 Å². The van der Waals surface area contributed by atoms with Gasteiger partial charge in [-0.1, -0.05) is 11.6 Å². The Kier molecular flexibility index (Phi) is 5.35. The lowest BCUT2D eigenvalue weighted by Crippen LogP contribution is -2.48. The van der Waals surface area contributed by atoms with Crippen LogP contribution < -0.4 is 4.90 Å². The number of halogens is 1. The average Bonchev–Trinajstić information content (AvgIpc) is 3.41. The van der Waals surface area contributed by atoms with Gasteiger partial charge in [0, 0.05) is 56.2 Å². The number of nitrogens with one attached hydrogen (secondary N) is 1. The molecule has 1 aromatic carbocycles. The fourth-order valence-electron chi connectivity index (χ4n) is 3.71. The van der Waals surface area contributed by atoms with E-state index in [9.17, 15) is 13.2 Å². The molecular formula is C19H23ClN4O3S. The number of aromatic amines is 1. The zero-order valence-corrected chi connectivity index (χ0v) is 17.0. The van der Waals surface area contributed by atoms with E-state index in [-0.39, 0.29) is 10.8 Å². The normalized spacial score (nSPS) is 18.6. The number of hydrogen-bond acceptors (Lipinski definition) is 4. The van der Waals surface area contributed by atoms with Gasteiger partial charge >= 0.3 is 0 Å². The van der Waals surface area contributed by atoms with Crippen molar-refractivity contribution in [3.05, 3.63) is 47.2 Å². The molecule has 1 aromatic heterocycles. The van der Waals surface area contributed by atoms with Gasteiger partial charge in [-0.05, 0) is 43.2 Å². The number of hydrogen-bond donors (Lipinski definition) is 1. The lowest BCUT2D eigenvalue weighted by molar-refractivity contribution is 0.0741. The predicted octanol–water partition coefficient (Wildman–Crippen LogP) is 2.42. The van der Waals surface area contributed by atoms with Gasteiger partial charge in [0.15, 0.2) is 0 Å². The third-order valence-corrected chi connectivity index (χ3v) is 7.48. The molecule has 4 rings (SSSR count). The first-order chi connectivity index (χ1) is 13.4. The molecule has 2 aliphatic rings. The molecule has 2 aromatic rings. The molecule has 150 valence electrons. The number of amides is 1. The summed E-state index contributed by atoms with van der Waals surface area (Å²) in [6, 6.07) is 9.12. The summed E-state index contributed by atoms with van der Waals surface area (Å²) in [6.45, 7) is 3.68. The Balaban J connectivity index is 1.40. The number of rotatable bonds is 4. The highest BCUT2D eigenvalue weighted by molar-refractivity contribution is 7.89. The van der Waals surface area contributed by atoms with E-state index in [0.29, 0.717) is 50.0 Å². The van der Waals surface area contributed by atoms with Crippen molar-refractivity contribution in [3.63, 3.8) is 0 Å². The summed E-state index contributed by atoms with van der Waals surface area (Å²) in [5.41, 5.74) is 1.40. The molecule has 3 heterocycles. The van der Waals surface area contributed by atoms with Crippen LogP contribution in [0.1, 0.15) is 23.3 Å². The summed E-state index contributed by atoms with van der Waals surface area (Å²) in [4.78, 5) is 19.8. The Hall–Kier alpha value is -2.03. The van der Waals surface area contributed by atoms with Crippen molar-refractivity contribution < 1.29 is 13.2 Å². The maximum Gasteiger partial charge on any atom is 0.270 e. The largest absolute Gasteiger partial charge is 0.368 e. The van der Waals surface area contributed by atoms with Crippen molar-refractivity contribution in [3.8, 4) is 0 Å². The monoisotopic (exact) mass is 422 g/mol. The summed E-state index contributed by atoms with van der Waals surface area (Å²) in [5.74, 6) is -0.168. The van der Waals surface area contributed by atoms with E-state index in [4.69, 9.17) is 11.6 Å². The number of anilines is 1. The minimum absolute atomic E-state index is 0.164. The molecule has 0 bridgehead atoms. The van der Waals surface area contributed by atoms with E-state index in [1.165, 1.54) is 16.6 Å². The van der Waals surface area contributed by atoms with Gasteiger partial charge in [-0.2, -0.15) is 4.31 Å². The van der Waals surface area contributed by atoms with Crippen LogP contribution in [0, 0.1) is 0 Å². The van der Waals surface area contributed by atoms with E-state index in [1.54, 1.807) is 4.90 Å². The fourth-order valence-corrected chi connectivity index (χ4v) is 5.35. The minimum atomic E-state index is -3.52. The third-order valence-electron chi connectivity index (χ3n) is 5.35. The lowest BCUT2D eigenvalue weighted by atomic mass is 10.2. The summed E-state index contributed by atoms with van der Waals surface area (Å²) in [5, 5.41) is 0.698. The van der Waals surface area contributed by atoms with Crippen molar-refractivity contribution >= 4 is 33.2 Å². The van der Waals surface area contributed by atoms with Crippen molar-refractivity contribution in [1.29, 1.82) is 0 Å². The van der Waals surface area contributed by atoms with Crippen LogP contribution in [0.4, 0.5) is 5.69 Å². The van der Waals surface area contributed by atoms with Crippen LogP contribution in [0.5, 0.6) is 0 Å². The molecular weight excluding hydrogens is 400 g/mol. The minimum Gasteiger partial charge on any atom is -0.368 e. The first kappa shape index (κ1) is 19.3. The van der Waals surface area contributed by atoms with Crippen LogP contribution in [-0.4, -0.2) is 67.8 Å². The standard InChI is InChI=1S/C19H23ClN4O3S/c20-15-3-5-16(6-4-15)22-9-11-23(12-10-22)19(25)18-13-17(14-21-18)28(26,27)24-7-1-2-8-24/h3-6,13-14,21H,1-2,7-12H2. The number of piperazine rings is 1. The molecule has 0 atom stereocenters. The zero-order chi connectivity index (χ0) is 19.7. The maximum absolute atomic E-state index is 12.8. The number of aromatic nitrogens is 1. The quantitative estimate of drug-likeness (QED) is 0.820. The number of H-pyrrole nitrogens is 1. The molecule has 2 aliphatic heterocycles. The Morgan fingerprint density at radius 2 is 1.61 bits per heavy atom. The predicted molar refractivity (Wildman–Crippen MR) is 108 cm³/mol. The van der Waals surface area contributed by atoms with Gasteiger partial charge in [-0.15, -0.1) is 0 Å². The molecule has 0 radical (unpaired) electrons. The smallest absolute Gasteiger partial charge is 0.270 e. The maximum atomic E-state index is 12.8. The third kappa shape index (κ3) is 3.76. The molecule has 9 heteroatoms. The molecule has 0 aliphatic carbocycles. The molecule has 0 saturated carbocycles. The van der Waals surface area contributed by atoms with E-state index in [1.807, 2.05) is 24.3 Å². The molecule has 1 N–H and O–H groups in total. The van der Waals surface area contributed by atoms with Gasteiger partial charge in [0.2, 0.25) is 10.0 Å². The highest BCUT2D eigenvalue weighted by atomic mass is 35.5. The zero-order valence-electron chi connectivity index (χ0n) is 15.5. The van der Waals surface area contributed by atoms with E-state index < -0.39 is 10.0 Å². The molecule has 2 fully saturated rings. The van der Waals surface area contributed by atoms with Crippen LogP contribution in [0.2, 0.25) is 5.02 Å². The summed E-state index contributed by atoms with van der Waals surface area (Å²) in [7, 11) is -3.52. The van der Waals surface area contributed by atoms with Gasteiger partial charge in [-0.3, -0.25) is 4.79 Å². The number of benzene rings is 1. The van der Waals surface area contributed by atoms with Crippen LogP contribution in [0.25, 0.3) is 0 Å². The summed E-state index contributed by atoms with van der Waals surface area (Å²) < 4.78 is 26.8. The van der Waals surface area contributed by atoms with Crippen molar-refractivity contribution in [1.82, 2.24) is 14.2 Å². The SMILES string of the molecule is O=C(c1cc(S(=O)(=O)N2CCCC2)c[nH]1)N1CCN(c2ccc(Cl)cc2)CC1. The first-order valence-corrected chi connectivity index (χ1v) is 11.3. The van der Waals surface area contributed by atoms with E-state index >= 15 is 0 Å². The number of nitrogens with zero attached hydrogens (tertiary/aromatic N) is 3. The van der Waals surface area contributed by atoms with E-state index in [2.05, 4.69) is 9.88 Å². The van der Waals surface area contributed by atoms with Crippen LogP contribution in [0.3, 0.4) is 0 Å². The van der Waals surface area contributed by atoms with Crippen molar-refractivity contribution in [2.24, 2.45) is 0 Å². The van der Waals surface area contributed by atoms with E-state index in [0.717, 1.165) is 18.5 Å². The number of carbonyl (C=O) groups excluding carboxylic acids is 1. The summed E-state index contributed by atoms with van der Waals surface area (Å²) >= 11 is 5.94. The Morgan fingerprint density at radius 1 is 0.964 bits per heavy atom. The molecule has 0 unspecified atom stereocenters. The topological polar surface area (TPSA) is 76.7 Å². The molecule has 0 spiro atoms. The Morgan fingerprint density at radius 3 is 2.25 bits per heavy atom. The number of carbonyl (C=O) groups is 1. The molecule has 2 saturated heterocycles. The second-order valence-corrected chi connectivity index (χ2v) is 9.49. The fraction of sp³-hybridized carbons (Fsp3) is 0.421. The highest BCUT2D eigenvalue weighted by Gasteiger charge is 2.30. The lowest BCUT2D eigenvalue weighted by Gasteiger charge is -2.36. The van der Waals surface area contributed by atoms with Crippen LogP contribution in [0.15, 0.2) is 41.4 Å². The Labute approximate surface area is 169 Å². The van der Waals surface area contributed by atoms with Crippen LogP contribution in [-0.2, 0) is 10.0 Å². The summed E-state index contributed by atoms with van der Waals surface area (Å²) in [6.07, 6.45) is 3.19. The van der Waals surface area contributed by atoms with Crippen LogP contribution >= 0.6 is 11.6 Å². The second kappa shape index (κ2) is 7.77. The van der Waals surface area contributed by atoms with Gasteiger partial charge in [0.05, 0.1) is 0 Å². The van der Waals surface area contributed by atoms with Gasteiger partial charge in [0.1, 0.15) is 10.6 Å². The second-order valence-electron chi connectivity index (χ2n) is 7.12. The first-order valence-electron chi connectivity index (χ1n) is 9.43. The molecule has 28 heavy (non-hydrogen) atoms. The molecule has 1 amide bonds. The van der Waals surface area contributed by atoms with Gasteiger partial charge in [-0.25, -0.2) is 8.42 Å².